The van der Waals surface area contributed by atoms with Crippen LogP contribution in [0.5, 0.6) is 5.75 Å². The topological polar surface area (TPSA) is 113 Å². The molecule has 2 atom stereocenters. The van der Waals surface area contributed by atoms with E-state index in [1.807, 2.05) is 37.3 Å². The molecule has 32 heavy (non-hydrogen) atoms. The van der Waals surface area contributed by atoms with Crippen molar-refractivity contribution in [1.29, 1.82) is 0 Å². The van der Waals surface area contributed by atoms with Crippen LogP contribution in [-0.2, 0) is 20.6 Å². The number of nitrogens with one attached hydrogen (secondary N) is 1. The first-order valence-electron chi connectivity index (χ1n) is 10.8. The number of rotatable bonds is 8. The van der Waals surface area contributed by atoms with Crippen LogP contribution in [0.4, 0.5) is 0 Å². The largest absolute Gasteiger partial charge is 0.496 e. The van der Waals surface area contributed by atoms with Crippen molar-refractivity contribution >= 4 is 17.4 Å². The number of methoxy groups -OCH3 is 1. The average molecular weight is 482 g/mol. The van der Waals surface area contributed by atoms with Crippen LogP contribution in [0.15, 0.2) is 47.4 Å². The van der Waals surface area contributed by atoms with Crippen molar-refractivity contribution in [2.45, 2.75) is 62.2 Å². The van der Waals surface area contributed by atoms with Gasteiger partial charge in [0.25, 0.3) is 0 Å². The van der Waals surface area contributed by atoms with Gasteiger partial charge in [0.1, 0.15) is 5.75 Å². The number of benzene rings is 2. The normalized spacial score (nSPS) is 22.7. The highest BCUT2D eigenvalue weighted by Gasteiger charge is 2.42. The van der Waals surface area contributed by atoms with E-state index >= 15 is 0 Å². The smallest absolute Gasteiger partial charge is 0.330 e. The number of sulfone groups is 1. The molecule has 0 saturated carbocycles. The Morgan fingerprint density at radius 2 is 1.88 bits per heavy atom. The van der Waals surface area contributed by atoms with E-state index in [1.165, 1.54) is 13.2 Å². The summed E-state index contributed by atoms with van der Waals surface area (Å²) in [5.41, 5.74) is 1.03. The molecule has 1 heterocycles. The van der Waals surface area contributed by atoms with Crippen LogP contribution in [0.3, 0.4) is 0 Å². The van der Waals surface area contributed by atoms with E-state index in [-0.39, 0.29) is 22.0 Å². The molecule has 2 aromatic rings. The lowest BCUT2D eigenvalue weighted by molar-refractivity contribution is 0.294. The van der Waals surface area contributed by atoms with E-state index in [0.717, 1.165) is 18.4 Å². The van der Waals surface area contributed by atoms with Crippen LogP contribution in [0, 0.1) is 0 Å². The Morgan fingerprint density at radius 1 is 1.19 bits per heavy atom. The summed E-state index contributed by atoms with van der Waals surface area (Å²) in [6, 6.07) is 12.2. The predicted octanol–water partition coefficient (Wildman–Crippen LogP) is 4.18. The fourth-order valence-corrected chi connectivity index (χ4v) is 7.33. The van der Waals surface area contributed by atoms with Gasteiger partial charge in [-0.05, 0) is 36.1 Å². The first kappa shape index (κ1) is 24.9. The Bertz CT molecular complexity index is 1100. The minimum absolute atomic E-state index is 0.0749. The number of ether oxygens (including phenoxy) is 1. The third kappa shape index (κ3) is 5.43. The summed E-state index contributed by atoms with van der Waals surface area (Å²) in [4.78, 5) is 19.2. The Labute approximate surface area is 190 Å². The van der Waals surface area contributed by atoms with Crippen LogP contribution in [0.2, 0.25) is 0 Å². The summed E-state index contributed by atoms with van der Waals surface area (Å²) in [5, 5.41) is 3.67. The van der Waals surface area contributed by atoms with E-state index in [2.05, 4.69) is 12.2 Å². The monoisotopic (exact) mass is 481 g/mol. The molecule has 0 aliphatic carbocycles. The van der Waals surface area contributed by atoms with Gasteiger partial charge in [-0.3, -0.25) is 9.88 Å². The van der Waals surface area contributed by atoms with Gasteiger partial charge < -0.3 is 14.5 Å². The highest BCUT2D eigenvalue weighted by atomic mass is 32.2. The zero-order valence-electron chi connectivity index (χ0n) is 18.7. The Hall–Kier alpha value is -1.70. The summed E-state index contributed by atoms with van der Waals surface area (Å²) in [6.45, 7) is 4.08. The summed E-state index contributed by atoms with van der Waals surface area (Å²) >= 11 is 0. The minimum Gasteiger partial charge on any atom is -0.496 e. The minimum atomic E-state index is -4.43. The SMILES string of the molecule is CCCC[C@]1(CC)CS(=O)(=O)c2cc(CP(=O)(O)O)c(OC)cc2[C@H](c2ccccc2)N1. The second kappa shape index (κ2) is 9.65. The van der Waals surface area contributed by atoms with Crippen molar-refractivity contribution < 1.29 is 27.5 Å². The van der Waals surface area contributed by atoms with E-state index in [4.69, 9.17) is 4.74 Å². The van der Waals surface area contributed by atoms with Gasteiger partial charge >= 0.3 is 7.60 Å². The van der Waals surface area contributed by atoms with Crippen LogP contribution in [0.25, 0.3) is 0 Å². The third-order valence-corrected chi connectivity index (χ3v) is 8.88. The summed E-state index contributed by atoms with van der Waals surface area (Å²) in [6.07, 6.45) is 2.60. The number of hydrogen-bond acceptors (Lipinski definition) is 5. The van der Waals surface area contributed by atoms with Gasteiger partial charge in [0.15, 0.2) is 9.84 Å². The van der Waals surface area contributed by atoms with E-state index in [9.17, 15) is 22.8 Å². The molecular formula is C23H32NO6PS. The maximum Gasteiger partial charge on any atom is 0.330 e. The maximum atomic E-state index is 13.7. The molecule has 3 rings (SSSR count). The fraction of sp³-hybridized carbons (Fsp3) is 0.478. The van der Waals surface area contributed by atoms with Crippen LogP contribution in [-0.4, -0.2) is 36.6 Å². The number of fused-ring (bicyclic) bond motifs is 1. The highest BCUT2D eigenvalue weighted by Crippen LogP contribution is 2.45. The van der Waals surface area contributed by atoms with Crippen molar-refractivity contribution in [2.75, 3.05) is 12.9 Å². The lowest BCUT2D eigenvalue weighted by atomic mass is 9.88. The standard InChI is InChI=1S/C23H32NO6PS/c1-4-6-12-23(5-2)16-32(28,29)21-13-18(15-31(25,26)27)20(30-3)14-19(21)22(24-23)17-10-8-7-9-11-17/h7-11,13-14,22,24H,4-6,12,15-16H2,1-3H3,(H2,25,26,27)/t22-,23+/m0/s1. The Morgan fingerprint density at radius 3 is 2.44 bits per heavy atom. The number of hydrogen-bond donors (Lipinski definition) is 3. The molecule has 3 N–H and O–H groups in total. The van der Waals surface area contributed by atoms with Gasteiger partial charge in [-0.2, -0.15) is 0 Å². The Balaban J connectivity index is 2.28. The second-order valence-electron chi connectivity index (χ2n) is 8.51. The fourth-order valence-electron chi connectivity index (χ4n) is 4.46. The van der Waals surface area contributed by atoms with Gasteiger partial charge in [-0.25, -0.2) is 8.42 Å². The van der Waals surface area contributed by atoms with Crippen molar-refractivity contribution in [3.63, 3.8) is 0 Å². The first-order valence-corrected chi connectivity index (χ1v) is 14.3. The van der Waals surface area contributed by atoms with Gasteiger partial charge in [0.05, 0.1) is 30.0 Å². The van der Waals surface area contributed by atoms with E-state index in [0.29, 0.717) is 18.4 Å². The van der Waals surface area contributed by atoms with Gasteiger partial charge in [0.2, 0.25) is 0 Å². The molecule has 0 bridgehead atoms. The van der Waals surface area contributed by atoms with Gasteiger partial charge in [0, 0.05) is 11.1 Å². The predicted molar refractivity (Wildman–Crippen MR) is 125 cm³/mol. The molecule has 2 aromatic carbocycles. The summed E-state index contributed by atoms with van der Waals surface area (Å²) in [7, 11) is -6.75. The molecule has 0 saturated heterocycles. The molecule has 0 radical (unpaired) electrons. The molecule has 176 valence electrons. The maximum absolute atomic E-state index is 13.7. The van der Waals surface area contributed by atoms with Crippen LogP contribution >= 0.6 is 7.60 Å². The summed E-state index contributed by atoms with van der Waals surface area (Å²) in [5.74, 6) is 0.191. The molecule has 0 amide bonds. The zero-order valence-corrected chi connectivity index (χ0v) is 20.5. The second-order valence-corrected chi connectivity index (χ2v) is 12.1. The molecule has 9 heteroatoms. The average Bonchev–Trinajstić information content (AvgIpc) is 2.84. The molecule has 7 nitrogen and oxygen atoms in total. The molecule has 0 fully saturated rings. The first-order chi connectivity index (χ1) is 15.0. The molecule has 1 aliphatic heterocycles. The molecule has 0 aromatic heterocycles. The summed E-state index contributed by atoms with van der Waals surface area (Å²) < 4.78 is 44.4. The molecular weight excluding hydrogens is 449 g/mol. The van der Waals surface area contributed by atoms with Gasteiger partial charge in [-0.15, -0.1) is 0 Å². The van der Waals surface area contributed by atoms with Crippen molar-refractivity contribution in [2.24, 2.45) is 0 Å². The van der Waals surface area contributed by atoms with Crippen LogP contribution < -0.4 is 10.1 Å². The van der Waals surface area contributed by atoms with Crippen molar-refractivity contribution in [1.82, 2.24) is 5.32 Å². The highest BCUT2D eigenvalue weighted by molar-refractivity contribution is 7.91. The molecule has 1 aliphatic rings. The number of unbranched alkanes of at least 4 members (excludes halogenated alkanes) is 1. The Kier molecular flexibility index (Phi) is 7.52. The molecule has 0 spiro atoms. The lowest BCUT2D eigenvalue weighted by Crippen LogP contribution is -2.50. The van der Waals surface area contributed by atoms with Crippen molar-refractivity contribution in [3.05, 3.63) is 59.2 Å². The van der Waals surface area contributed by atoms with Crippen LogP contribution in [0.1, 0.15) is 62.3 Å². The van der Waals surface area contributed by atoms with E-state index < -0.39 is 35.2 Å². The quantitative estimate of drug-likeness (QED) is 0.485. The zero-order chi connectivity index (χ0) is 23.6. The molecule has 0 unspecified atom stereocenters. The third-order valence-electron chi connectivity index (χ3n) is 6.17. The lowest BCUT2D eigenvalue weighted by Gasteiger charge is -2.36. The van der Waals surface area contributed by atoms with Crippen molar-refractivity contribution in [3.8, 4) is 5.75 Å². The van der Waals surface area contributed by atoms with E-state index in [1.54, 1.807) is 6.07 Å². The van der Waals surface area contributed by atoms with Gasteiger partial charge in [-0.1, -0.05) is 57.0 Å².